The number of rotatable bonds is 3. The fourth-order valence-corrected chi connectivity index (χ4v) is 5.26. The quantitative estimate of drug-likeness (QED) is 0.843. The zero-order valence-electron chi connectivity index (χ0n) is 14.6. The lowest BCUT2D eigenvalue weighted by Crippen LogP contribution is -2.81. The van der Waals surface area contributed by atoms with Gasteiger partial charge in [0.15, 0.2) is 0 Å². The summed E-state index contributed by atoms with van der Waals surface area (Å²) >= 11 is 0. The number of benzene rings is 1. The van der Waals surface area contributed by atoms with Gasteiger partial charge >= 0.3 is 0 Å². The van der Waals surface area contributed by atoms with Crippen LogP contribution in [0.15, 0.2) is 30.3 Å². The minimum absolute atomic E-state index is 0.386. The van der Waals surface area contributed by atoms with Crippen LogP contribution in [0.3, 0.4) is 0 Å². The maximum absolute atomic E-state index is 5.82. The highest BCUT2D eigenvalue weighted by Crippen LogP contribution is 2.40. The third-order valence-corrected chi connectivity index (χ3v) is 6.66. The third kappa shape index (κ3) is 2.60. The number of likely N-dealkylation sites (tertiary alicyclic amines) is 1. The van der Waals surface area contributed by atoms with Crippen LogP contribution in [0.4, 0.5) is 0 Å². The Labute approximate surface area is 145 Å². The summed E-state index contributed by atoms with van der Waals surface area (Å²) in [6, 6.07) is 12.4. The predicted octanol–water partition coefficient (Wildman–Crippen LogP) is 1.81. The second kappa shape index (κ2) is 6.10. The first-order chi connectivity index (χ1) is 11.8. The van der Waals surface area contributed by atoms with Gasteiger partial charge in [-0.2, -0.15) is 0 Å². The predicted molar refractivity (Wildman–Crippen MR) is 95.0 cm³/mol. The van der Waals surface area contributed by atoms with E-state index in [1.165, 1.54) is 44.5 Å². The van der Waals surface area contributed by atoms with Crippen LogP contribution in [0.2, 0.25) is 0 Å². The maximum atomic E-state index is 5.82. The molecule has 3 heterocycles. The number of hydrogen-bond acceptors (Lipinski definition) is 4. The monoisotopic (exact) mass is 327 g/mol. The second-order valence-corrected chi connectivity index (χ2v) is 8.29. The van der Waals surface area contributed by atoms with Gasteiger partial charge < -0.3 is 4.74 Å². The van der Waals surface area contributed by atoms with Crippen molar-refractivity contribution in [3.05, 3.63) is 35.9 Å². The van der Waals surface area contributed by atoms with Crippen LogP contribution in [0.25, 0.3) is 0 Å². The van der Waals surface area contributed by atoms with E-state index in [0.29, 0.717) is 11.6 Å². The van der Waals surface area contributed by atoms with Gasteiger partial charge in [-0.25, -0.2) is 0 Å². The molecular weight excluding hydrogens is 298 g/mol. The number of piperazine rings is 1. The van der Waals surface area contributed by atoms with Crippen LogP contribution in [-0.4, -0.2) is 78.3 Å². The highest BCUT2D eigenvalue weighted by molar-refractivity contribution is 5.17. The van der Waals surface area contributed by atoms with Gasteiger partial charge in [-0.3, -0.25) is 14.7 Å². The summed E-state index contributed by atoms with van der Waals surface area (Å²) in [6.07, 6.45) is 4.29. The van der Waals surface area contributed by atoms with Crippen molar-refractivity contribution in [1.82, 2.24) is 14.7 Å². The molecule has 0 aromatic heterocycles. The summed E-state index contributed by atoms with van der Waals surface area (Å²) in [7, 11) is 0. The molecule has 4 heteroatoms. The Balaban J connectivity index is 1.32. The lowest BCUT2D eigenvalue weighted by molar-refractivity contribution is -0.179. The lowest BCUT2D eigenvalue weighted by atomic mass is 9.78. The molecule has 3 aliphatic heterocycles. The van der Waals surface area contributed by atoms with Crippen molar-refractivity contribution >= 4 is 0 Å². The highest BCUT2D eigenvalue weighted by Gasteiger charge is 2.55. The Morgan fingerprint density at radius 2 is 1.88 bits per heavy atom. The third-order valence-electron chi connectivity index (χ3n) is 6.66. The molecule has 1 spiro atoms. The van der Waals surface area contributed by atoms with Gasteiger partial charge in [0.05, 0.1) is 18.8 Å². The average Bonchev–Trinajstić information content (AvgIpc) is 2.53. The van der Waals surface area contributed by atoms with Crippen LogP contribution in [0, 0.1) is 0 Å². The molecule has 1 atom stereocenters. The smallest absolute Gasteiger partial charge is 0.0635 e. The Morgan fingerprint density at radius 1 is 1.04 bits per heavy atom. The maximum Gasteiger partial charge on any atom is 0.0635 e. The molecule has 5 rings (SSSR count). The number of hydrogen-bond donors (Lipinski definition) is 0. The van der Waals surface area contributed by atoms with Crippen LogP contribution < -0.4 is 0 Å². The van der Waals surface area contributed by atoms with E-state index in [1.54, 1.807) is 0 Å². The summed E-state index contributed by atoms with van der Waals surface area (Å²) in [5.74, 6) is 0. The summed E-state index contributed by atoms with van der Waals surface area (Å²) in [5.41, 5.74) is 1.82. The topological polar surface area (TPSA) is 19.0 Å². The molecule has 24 heavy (non-hydrogen) atoms. The standard InChI is InChI=1S/C20H29N3O/c1-2-5-17(6-3-1)11-21-12-19-13-24-10-9-23(19)20(14-21)15-22(16-20)18-7-4-8-18/h1-3,5-6,18-19H,4,7-16H2/t19-/m1/s1. The molecule has 4 nitrogen and oxygen atoms in total. The molecule has 0 radical (unpaired) electrons. The molecular formula is C20H29N3O. The highest BCUT2D eigenvalue weighted by atomic mass is 16.5. The van der Waals surface area contributed by atoms with Crippen LogP contribution in [0.5, 0.6) is 0 Å². The average molecular weight is 327 g/mol. The SMILES string of the molecule is c1ccc(CN2C[C@@H]3COCCN3C3(C2)CN(C2CCC2)C3)cc1. The first-order valence-corrected chi connectivity index (χ1v) is 9.67. The van der Waals surface area contributed by atoms with E-state index in [-0.39, 0.29) is 0 Å². The van der Waals surface area contributed by atoms with E-state index in [2.05, 4.69) is 45.0 Å². The molecule has 4 fully saturated rings. The largest absolute Gasteiger partial charge is 0.378 e. The fourth-order valence-electron chi connectivity index (χ4n) is 5.26. The Bertz CT molecular complexity index is 568. The van der Waals surface area contributed by atoms with Crippen molar-refractivity contribution < 1.29 is 4.74 Å². The lowest BCUT2D eigenvalue weighted by Gasteiger charge is -2.65. The van der Waals surface area contributed by atoms with Crippen LogP contribution in [-0.2, 0) is 11.3 Å². The Kier molecular flexibility index (Phi) is 3.89. The van der Waals surface area contributed by atoms with Crippen molar-refractivity contribution in [2.75, 3.05) is 45.9 Å². The minimum Gasteiger partial charge on any atom is -0.378 e. The van der Waals surface area contributed by atoms with E-state index in [0.717, 1.165) is 38.9 Å². The molecule has 1 saturated carbocycles. The van der Waals surface area contributed by atoms with Gasteiger partial charge in [-0.05, 0) is 18.4 Å². The van der Waals surface area contributed by atoms with Crippen molar-refractivity contribution in [3.8, 4) is 0 Å². The van der Waals surface area contributed by atoms with Gasteiger partial charge in [0.2, 0.25) is 0 Å². The molecule has 1 aromatic carbocycles. The van der Waals surface area contributed by atoms with Crippen LogP contribution in [0.1, 0.15) is 24.8 Å². The van der Waals surface area contributed by atoms with E-state index in [4.69, 9.17) is 4.74 Å². The molecule has 0 bridgehead atoms. The number of morpholine rings is 1. The summed E-state index contributed by atoms with van der Waals surface area (Å²) < 4.78 is 5.82. The number of ether oxygens (including phenoxy) is 1. The van der Waals surface area contributed by atoms with Crippen molar-refractivity contribution in [2.24, 2.45) is 0 Å². The molecule has 0 unspecified atom stereocenters. The number of fused-ring (bicyclic) bond motifs is 2. The Morgan fingerprint density at radius 3 is 2.62 bits per heavy atom. The molecule has 4 aliphatic rings. The zero-order valence-corrected chi connectivity index (χ0v) is 14.6. The van der Waals surface area contributed by atoms with Crippen LogP contribution >= 0.6 is 0 Å². The van der Waals surface area contributed by atoms with Crippen molar-refractivity contribution in [2.45, 2.75) is 43.4 Å². The Hall–Kier alpha value is -0.940. The second-order valence-electron chi connectivity index (χ2n) is 8.29. The van der Waals surface area contributed by atoms with E-state index in [1.807, 2.05) is 0 Å². The number of nitrogens with zero attached hydrogens (tertiary/aromatic N) is 3. The van der Waals surface area contributed by atoms with Crippen molar-refractivity contribution in [1.29, 1.82) is 0 Å². The molecule has 1 aliphatic carbocycles. The normalized spacial score (nSPS) is 31.4. The summed E-state index contributed by atoms with van der Waals surface area (Å²) in [5, 5.41) is 0. The first kappa shape index (κ1) is 15.3. The molecule has 0 N–H and O–H groups in total. The van der Waals surface area contributed by atoms with Gasteiger partial charge in [-0.15, -0.1) is 0 Å². The molecule has 1 aromatic rings. The molecule has 0 amide bonds. The van der Waals surface area contributed by atoms with Gasteiger partial charge in [-0.1, -0.05) is 36.8 Å². The summed E-state index contributed by atoms with van der Waals surface area (Å²) in [6.45, 7) is 8.97. The van der Waals surface area contributed by atoms with E-state index >= 15 is 0 Å². The van der Waals surface area contributed by atoms with E-state index in [9.17, 15) is 0 Å². The molecule has 3 saturated heterocycles. The van der Waals surface area contributed by atoms with Crippen molar-refractivity contribution in [3.63, 3.8) is 0 Å². The van der Waals surface area contributed by atoms with E-state index < -0.39 is 0 Å². The van der Waals surface area contributed by atoms with Gasteiger partial charge in [0, 0.05) is 51.4 Å². The van der Waals surface area contributed by atoms with Gasteiger partial charge in [0.1, 0.15) is 0 Å². The first-order valence-electron chi connectivity index (χ1n) is 9.67. The zero-order chi connectivity index (χ0) is 16.0. The minimum atomic E-state index is 0.386. The fraction of sp³-hybridized carbons (Fsp3) is 0.700. The molecule has 130 valence electrons. The summed E-state index contributed by atoms with van der Waals surface area (Å²) in [4.78, 5) is 8.25. The van der Waals surface area contributed by atoms with Gasteiger partial charge in [0.25, 0.3) is 0 Å².